The molecule has 0 aliphatic rings. The van der Waals surface area contributed by atoms with E-state index in [0.717, 1.165) is 11.8 Å². The van der Waals surface area contributed by atoms with E-state index >= 15 is 0 Å². The first-order valence-corrected chi connectivity index (χ1v) is 10.6. The molecule has 0 atom stereocenters. The number of anilines is 1. The molecule has 9 heteroatoms. The van der Waals surface area contributed by atoms with Crippen LogP contribution in [0.4, 0.5) is 14.5 Å². The molecule has 1 N–H and O–H groups in total. The van der Waals surface area contributed by atoms with Crippen molar-refractivity contribution in [2.45, 2.75) is 5.16 Å². The molecule has 4 aromatic rings. The fourth-order valence-corrected chi connectivity index (χ4v) is 3.82. The number of hydrogen-bond donors (Lipinski definition) is 1. The number of halogens is 2. The van der Waals surface area contributed by atoms with Crippen LogP contribution in [-0.2, 0) is 4.79 Å². The van der Waals surface area contributed by atoms with Crippen molar-refractivity contribution in [1.29, 1.82) is 0 Å². The fourth-order valence-electron chi connectivity index (χ4n) is 3.07. The molecule has 3 aromatic carbocycles. The second kappa shape index (κ2) is 9.61. The molecule has 162 valence electrons. The number of aromatic nitrogens is 3. The first kappa shape index (κ1) is 21.5. The summed E-state index contributed by atoms with van der Waals surface area (Å²) in [7, 11) is 1.52. The maximum atomic E-state index is 14.4. The number of carbonyl (C=O) groups excluding carboxylic acids is 1. The van der Waals surface area contributed by atoms with Crippen molar-refractivity contribution in [1.82, 2.24) is 14.8 Å². The number of ether oxygens (including phenoxy) is 1. The number of rotatable bonds is 7. The van der Waals surface area contributed by atoms with Gasteiger partial charge in [-0.05, 0) is 48.5 Å². The molecule has 0 aliphatic carbocycles. The van der Waals surface area contributed by atoms with E-state index in [9.17, 15) is 13.6 Å². The number of carbonyl (C=O) groups is 1. The van der Waals surface area contributed by atoms with Crippen LogP contribution in [0.25, 0.3) is 17.1 Å². The van der Waals surface area contributed by atoms with E-state index in [0.29, 0.717) is 22.3 Å². The Labute approximate surface area is 187 Å². The Hall–Kier alpha value is -3.72. The normalized spacial score (nSPS) is 10.7. The Morgan fingerprint density at radius 1 is 1.00 bits per heavy atom. The topological polar surface area (TPSA) is 69.0 Å². The third-order valence-corrected chi connectivity index (χ3v) is 5.48. The van der Waals surface area contributed by atoms with E-state index in [2.05, 4.69) is 15.5 Å². The molecular weight excluding hydrogens is 434 g/mol. The minimum absolute atomic E-state index is 0.0225. The maximum absolute atomic E-state index is 14.4. The third kappa shape index (κ3) is 4.62. The average Bonchev–Trinajstić information content (AvgIpc) is 3.22. The lowest BCUT2D eigenvalue weighted by molar-refractivity contribution is -0.113. The Kier molecular flexibility index (Phi) is 6.46. The van der Waals surface area contributed by atoms with Gasteiger partial charge in [0.1, 0.15) is 17.4 Å². The minimum atomic E-state index is -0.464. The fraction of sp³-hybridized carbons (Fsp3) is 0.0870. The number of nitrogens with zero attached hydrogens (tertiary/aromatic N) is 3. The molecule has 0 aliphatic heterocycles. The second-order valence-electron chi connectivity index (χ2n) is 6.63. The summed E-state index contributed by atoms with van der Waals surface area (Å²) in [5.74, 6) is -0.326. The van der Waals surface area contributed by atoms with Gasteiger partial charge >= 0.3 is 0 Å². The molecule has 0 spiro atoms. The number of hydrogen-bond acceptors (Lipinski definition) is 5. The molecule has 0 fully saturated rings. The summed E-state index contributed by atoms with van der Waals surface area (Å²) < 4.78 is 34.8. The highest BCUT2D eigenvalue weighted by atomic mass is 32.2. The molecule has 32 heavy (non-hydrogen) atoms. The van der Waals surface area contributed by atoms with E-state index in [1.807, 2.05) is 0 Å². The molecule has 0 bridgehead atoms. The van der Waals surface area contributed by atoms with Gasteiger partial charge in [0.2, 0.25) is 5.91 Å². The Balaban J connectivity index is 1.62. The zero-order valence-electron chi connectivity index (χ0n) is 17.0. The van der Waals surface area contributed by atoms with Crippen LogP contribution in [0.15, 0.2) is 78.0 Å². The lowest BCUT2D eigenvalue weighted by atomic mass is 10.2. The minimum Gasteiger partial charge on any atom is -0.495 e. The van der Waals surface area contributed by atoms with Crippen molar-refractivity contribution in [2.75, 3.05) is 18.2 Å². The van der Waals surface area contributed by atoms with Gasteiger partial charge in [-0.3, -0.25) is 9.36 Å². The molecule has 1 heterocycles. The molecule has 0 saturated carbocycles. The van der Waals surface area contributed by atoms with Crippen molar-refractivity contribution in [3.8, 4) is 22.8 Å². The van der Waals surface area contributed by atoms with Crippen LogP contribution in [0.5, 0.6) is 5.75 Å². The van der Waals surface area contributed by atoms with Crippen LogP contribution in [0.1, 0.15) is 0 Å². The average molecular weight is 452 g/mol. The molecule has 0 saturated heterocycles. The van der Waals surface area contributed by atoms with E-state index in [1.54, 1.807) is 59.2 Å². The summed E-state index contributed by atoms with van der Waals surface area (Å²) in [6.07, 6.45) is 0. The number of para-hydroxylation sites is 2. The SMILES string of the molecule is COc1ccccc1NC(=O)CSc1nnc(-c2ccccc2F)n1-c1ccc(F)cc1. The Morgan fingerprint density at radius 3 is 2.47 bits per heavy atom. The highest BCUT2D eigenvalue weighted by molar-refractivity contribution is 7.99. The lowest BCUT2D eigenvalue weighted by Gasteiger charge is -2.12. The van der Waals surface area contributed by atoms with Crippen LogP contribution in [-0.4, -0.2) is 33.5 Å². The smallest absolute Gasteiger partial charge is 0.234 e. The molecule has 0 radical (unpaired) electrons. The van der Waals surface area contributed by atoms with Gasteiger partial charge in [0.25, 0.3) is 0 Å². The van der Waals surface area contributed by atoms with Gasteiger partial charge < -0.3 is 10.1 Å². The zero-order valence-corrected chi connectivity index (χ0v) is 17.8. The van der Waals surface area contributed by atoms with Crippen LogP contribution in [0, 0.1) is 11.6 Å². The first-order valence-electron chi connectivity index (χ1n) is 9.58. The quantitative estimate of drug-likeness (QED) is 0.402. The predicted molar refractivity (Wildman–Crippen MR) is 119 cm³/mol. The molecule has 1 amide bonds. The third-order valence-electron chi connectivity index (χ3n) is 4.55. The summed E-state index contributed by atoms with van der Waals surface area (Å²) in [6, 6.07) is 18.9. The largest absolute Gasteiger partial charge is 0.495 e. The van der Waals surface area contributed by atoms with Gasteiger partial charge in [0.15, 0.2) is 11.0 Å². The summed E-state index contributed by atoms with van der Waals surface area (Å²) in [5, 5.41) is 11.5. The van der Waals surface area contributed by atoms with Crippen molar-refractivity contribution in [3.05, 3.63) is 84.4 Å². The predicted octanol–water partition coefficient (Wildman–Crippen LogP) is 4.95. The van der Waals surface area contributed by atoms with Crippen molar-refractivity contribution in [3.63, 3.8) is 0 Å². The lowest BCUT2D eigenvalue weighted by Crippen LogP contribution is -2.15. The molecule has 0 unspecified atom stereocenters. The molecule has 1 aromatic heterocycles. The van der Waals surface area contributed by atoms with Gasteiger partial charge in [-0.1, -0.05) is 36.0 Å². The first-order chi connectivity index (χ1) is 15.6. The molecule has 4 rings (SSSR count). The van der Waals surface area contributed by atoms with Crippen molar-refractivity contribution < 1.29 is 18.3 Å². The van der Waals surface area contributed by atoms with Gasteiger partial charge in [-0.15, -0.1) is 10.2 Å². The van der Waals surface area contributed by atoms with Crippen LogP contribution in [0.2, 0.25) is 0 Å². The van der Waals surface area contributed by atoms with Crippen molar-refractivity contribution in [2.24, 2.45) is 0 Å². The van der Waals surface area contributed by atoms with Gasteiger partial charge in [-0.25, -0.2) is 8.78 Å². The summed E-state index contributed by atoms with van der Waals surface area (Å²) in [6.45, 7) is 0. The second-order valence-corrected chi connectivity index (χ2v) is 7.58. The van der Waals surface area contributed by atoms with Gasteiger partial charge in [0.05, 0.1) is 24.1 Å². The number of nitrogens with one attached hydrogen (secondary N) is 1. The monoisotopic (exact) mass is 452 g/mol. The Bertz CT molecular complexity index is 1240. The number of methoxy groups -OCH3 is 1. The van der Waals surface area contributed by atoms with E-state index in [-0.39, 0.29) is 23.0 Å². The van der Waals surface area contributed by atoms with E-state index in [4.69, 9.17) is 4.74 Å². The van der Waals surface area contributed by atoms with Gasteiger partial charge in [-0.2, -0.15) is 0 Å². The zero-order chi connectivity index (χ0) is 22.5. The standard InChI is InChI=1S/C23H18F2N4O2S/c1-31-20-9-5-4-8-19(20)26-21(30)14-32-23-28-27-22(17-6-2-3-7-18(17)25)29(23)16-12-10-15(24)11-13-16/h2-13H,14H2,1H3,(H,26,30). The summed E-state index contributed by atoms with van der Waals surface area (Å²) >= 11 is 1.13. The van der Waals surface area contributed by atoms with Crippen LogP contribution < -0.4 is 10.1 Å². The number of benzene rings is 3. The number of thioether (sulfide) groups is 1. The Morgan fingerprint density at radius 2 is 1.72 bits per heavy atom. The number of amides is 1. The van der Waals surface area contributed by atoms with Crippen LogP contribution in [0.3, 0.4) is 0 Å². The molecular formula is C23H18F2N4O2S. The van der Waals surface area contributed by atoms with E-state index < -0.39 is 11.6 Å². The van der Waals surface area contributed by atoms with E-state index in [1.165, 1.54) is 25.3 Å². The highest BCUT2D eigenvalue weighted by Crippen LogP contribution is 2.30. The highest BCUT2D eigenvalue weighted by Gasteiger charge is 2.20. The summed E-state index contributed by atoms with van der Waals surface area (Å²) in [5.41, 5.74) is 1.34. The summed E-state index contributed by atoms with van der Waals surface area (Å²) in [4.78, 5) is 12.5. The maximum Gasteiger partial charge on any atom is 0.234 e. The van der Waals surface area contributed by atoms with Crippen LogP contribution >= 0.6 is 11.8 Å². The van der Waals surface area contributed by atoms with Crippen molar-refractivity contribution >= 4 is 23.4 Å². The molecule has 6 nitrogen and oxygen atoms in total. The van der Waals surface area contributed by atoms with Gasteiger partial charge in [0, 0.05) is 5.69 Å².